The number of alkyl halides is 4. The molecule has 2 atom stereocenters. The van der Waals surface area contributed by atoms with Gasteiger partial charge in [-0.25, -0.2) is 8.42 Å². The van der Waals surface area contributed by atoms with E-state index in [9.17, 15) is 40.7 Å². The Labute approximate surface area is 199 Å². The Bertz CT molecular complexity index is 1230. The molecule has 1 aliphatic rings. The normalized spacial score (nSPS) is 17.6. The van der Waals surface area contributed by atoms with Crippen LogP contribution < -0.4 is 5.32 Å². The molecule has 1 aliphatic heterocycles. The second kappa shape index (κ2) is 9.57. The second-order valence-electron chi connectivity index (χ2n) is 8.26. The highest BCUT2D eigenvalue weighted by Crippen LogP contribution is 2.39. The minimum absolute atomic E-state index is 0.0324. The van der Waals surface area contributed by atoms with Gasteiger partial charge in [0.05, 0.1) is 23.7 Å². The summed E-state index contributed by atoms with van der Waals surface area (Å²) in [6.07, 6.45) is -5.38. The summed E-state index contributed by atoms with van der Waals surface area (Å²) >= 11 is 0. The lowest BCUT2D eigenvalue weighted by Crippen LogP contribution is -2.39. The van der Waals surface area contributed by atoms with Crippen LogP contribution in [-0.2, 0) is 31.6 Å². The number of hydrogen-bond acceptors (Lipinski definition) is 5. The standard InChI is InChI=1S/C23H24F4N2O5S/c1-3-35(33,34)17-8-9-18-14(12-17)13-29(19(30)10-11-24)20(18)21(31)28-16-6-4-15(5-7-16)22(2,32)23(25,26)27/h4-9,12,20,32H,3,10-11,13H2,1-2H3,(H,28,31). The maximum absolute atomic E-state index is 13.1. The smallest absolute Gasteiger partial charge is 0.376 e. The first-order valence-corrected chi connectivity index (χ1v) is 12.3. The molecule has 0 saturated carbocycles. The molecular weight excluding hydrogens is 492 g/mol. The van der Waals surface area contributed by atoms with E-state index in [1.165, 1.54) is 37.3 Å². The molecule has 12 heteroatoms. The fraction of sp³-hybridized carbons (Fsp3) is 0.391. The molecule has 0 fully saturated rings. The molecule has 2 amide bonds. The molecule has 0 spiro atoms. The van der Waals surface area contributed by atoms with Gasteiger partial charge in [-0.3, -0.25) is 14.0 Å². The highest BCUT2D eigenvalue weighted by molar-refractivity contribution is 7.91. The number of rotatable bonds is 7. The number of nitrogens with one attached hydrogen (secondary N) is 1. The monoisotopic (exact) mass is 516 g/mol. The lowest BCUT2D eigenvalue weighted by atomic mass is 9.95. The number of amides is 2. The Balaban J connectivity index is 1.91. The molecule has 190 valence electrons. The lowest BCUT2D eigenvalue weighted by molar-refractivity contribution is -0.258. The zero-order valence-electron chi connectivity index (χ0n) is 18.9. The molecule has 2 aromatic carbocycles. The summed E-state index contributed by atoms with van der Waals surface area (Å²) in [5.74, 6) is -1.50. The van der Waals surface area contributed by atoms with E-state index in [2.05, 4.69) is 5.32 Å². The third-order valence-corrected chi connectivity index (χ3v) is 7.68. The van der Waals surface area contributed by atoms with Crippen molar-refractivity contribution in [2.75, 3.05) is 17.7 Å². The number of anilines is 1. The van der Waals surface area contributed by atoms with Gasteiger partial charge in [0.1, 0.15) is 6.04 Å². The SMILES string of the molecule is CCS(=O)(=O)c1ccc2c(c1)CN(C(=O)CCF)C2C(=O)Nc1ccc(C(C)(O)C(F)(F)F)cc1. The topological polar surface area (TPSA) is 104 Å². The van der Waals surface area contributed by atoms with E-state index in [0.29, 0.717) is 18.1 Å². The number of hydrogen-bond donors (Lipinski definition) is 2. The minimum Gasteiger partial charge on any atom is -0.376 e. The average molecular weight is 517 g/mol. The highest BCUT2D eigenvalue weighted by atomic mass is 32.2. The van der Waals surface area contributed by atoms with Gasteiger partial charge in [0.2, 0.25) is 5.91 Å². The summed E-state index contributed by atoms with van der Waals surface area (Å²) in [6, 6.07) is 7.32. The number of fused-ring (bicyclic) bond motifs is 1. The first-order chi connectivity index (χ1) is 16.2. The van der Waals surface area contributed by atoms with Crippen molar-refractivity contribution in [2.45, 2.75) is 49.5 Å². The van der Waals surface area contributed by atoms with Crippen LogP contribution in [0.3, 0.4) is 0 Å². The number of aliphatic hydroxyl groups is 1. The van der Waals surface area contributed by atoms with Crippen LogP contribution in [0, 0.1) is 0 Å². The number of sulfone groups is 1. The molecule has 0 saturated heterocycles. The Morgan fingerprint density at radius 3 is 2.31 bits per heavy atom. The van der Waals surface area contributed by atoms with Crippen LogP contribution in [-0.4, -0.2) is 48.8 Å². The second-order valence-corrected chi connectivity index (χ2v) is 10.5. The van der Waals surface area contributed by atoms with Gasteiger partial charge < -0.3 is 15.3 Å². The zero-order chi connectivity index (χ0) is 26.2. The summed E-state index contributed by atoms with van der Waals surface area (Å²) in [4.78, 5) is 26.8. The van der Waals surface area contributed by atoms with Gasteiger partial charge in [-0.2, -0.15) is 13.2 Å². The largest absolute Gasteiger partial charge is 0.421 e. The van der Waals surface area contributed by atoms with Gasteiger partial charge in [-0.1, -0.05) is 25.1 Å². The number of benzene rings is 2. The van der Waals surface area contributed by atoms with Crippen LogP contribution in [0.2, 0.25) is 0 Å². The molecule has 0 bridgehead atoms. The van der Waals surface area contributed by atoms with Gasteiger partial charge in [0, 0.05) is 12.2 Å². The summed E-state index contributed by atoms with van der Waals surface area (Å²) < 4.78 is 76.5. The van der Waals surface area contributed by atoms with E-state index in [0.717, 1.165) is 17.0 Å². The van der Waals surface area contributed by atoms with Crippen molar-refractivity contribution in [3.63, 3.8) is 0 Å². The van der Waals surface area contributed by atoms with Gasteiger partial charge in [-0.05, 0) is 47.9 Å². The maximum Gasteiger partial charge on any atom is 0.421 e. The Hall–Kier alpha value is -2.99. The molecule has 3 rings (SSSR count). The van der Waals surface area contributed by atoms with Gasteiger partial charge in [-0.15, -0.1) is 0 Å². The predicted molar refractivity (Wildman–Crippen MR) is 119 cm³/mol. The van der Waals surface area contributed by atoms with E-state index < -0.39 is 58.1 Å². The third-order valence-electron chi connectivity index (χ3n) is 5.94. The molecule has 0 radical (unpaired) electrons. The van der Waals surface area contributed by atoms with Crippen LogP contribution >= 0.6 is 0 Å². The molecule has 1 heterocycles. The van der Waals surface area contributed by atoms with Gasteiger partial charge in [0.15, 0.2) is 15.4 Å². The van der Waals surface area contributed by atoms with Crippen LogP contribution in [0.4, 0.5) is 23.2 Å². The molecule has 2 N–H and O–H groups in total. The summed E-state index contributed by atoms with van der Waals surface area (Å²) in [5, 5.41) is 12.3. The van der Waals surface area contributed by atoms with Crippen molar-refractivity contribution in [3.05, 3.63) is 59.2 Å². The van der Waals surface area contributed by atoms with Crippen molar-refractivity contribution in [1.29, 1.82) is 0 Å². The van der Waals surface area contributed by atoms with Crippen LogP contribution in [0.15, 0.2) is 47.4 Å². The molecule has 0 aromatic heterocycles. The summed E-state index contributed by atoms with van der Waals surface area (Å²) in [7, 11) is -3.55. The number of halogens is 4. The van der Waals surface area contributed by atoms with E-state index in [1.807, 2.05) is 0 Å². The van der Waals surface area contributed by atoms with E-state index in [-0.39, 0.29) is 22.9 Å². The quantitative estimate of drug-likeness (QED) is 0.547. The fourth-order valence-electron chi connectivity index (χ4n) is 3.78. The summed E-state index contributed by atoms with van der Waals surface area (Å²) in [5.41, 5.74) is -2.64. The number of carbonyl (C=O) groups is 2. The van der Waals surface area contributed by atoms with E-state index in [1.54, 1.807) is 0 Å². The van der Waals surface area contributed by atoms with Crippen molar-refractivity contribution in [2.24, 2.45) is 0 Å². The molecule has 35 heavy (non-hydrogen) atoms. The van der Waals surface area contributed by atoms with E-state index in [4.69, 9.17) is 0 Å². The molecule has 2 unspecified atom stereocenters. The first-order valence-electron chi connectivity index (χ1n) is 10.6. The molecule has 7 nitrogen and oxygen atoms in total. The molecular formula is C23H24F4N2O5S. The fourth-order valence-corrected chi connectivity index (χ4v) is 4.71. The Morgan fingerprint density at radius 1 is 1.14 bits per heavy atom. The zero-order valence-corrected chi connectivity index (χ0v) is 19.7. The lowest BCUT2D eigenvalue weighted by Gasteiger charge is -2.27. The first kappa shape index (κ1) is 26.6. The Morgan fingerprint density at radius 2 is 1.77 bits per heavy atom. The number of carbonyl (C=O) groups excluding carboxylic acids is 2. The minimum atomic E-state index is -4.91. The third kappa shape index (κ3) is 5.18. The average Bonchev–Trinajstić information content (AvgIpc) is 3.18. The highest BCUT2D eigenvalue weighted by Gasteiger charge is 2.51. The molecule has 2 aromatic rings. The van der Waals surface area contributed by atoms with E-state index >= 15 is 0 Å². The predicted octanol–water partition coefficient (Wildman–Crippen LogP) is 3.63. The van der Waals surface area contributed by atoms with Crippen molar-refractivity contribution < 1.29 is 40.7 Å². The number of nitrogens with zero attached hydrogens (tertiary/aromatic N) is 1. The van der Waals surface area contributed by atoms with Crippen LogP contribution in [0.1, 0.15) is 43.0 Å². The maximum atomic E-state index is 13.1. The molecule has 0 aliphatic carbocycles. The van der Waals surface area contributed by atoms with Crippen LogP contribution in [0.5, 0.6) is 0 Å². The van der Waals surface area contributed by atoms with Gasteiger partial charge >= 0.3 is 6.18 Å². The summed E-state index contributed by atoms with van der Waals surface area (Å²) in [6.45, 7) is 1.04. The van der Waals surface area contributed by atoms with Crippen molar-refractivity contribution in [1.82, 2.24) is 4.90 Å². The Kier molecular flexibility index (Phi) is 7.28. The van der Waals surface area contributed by atoms with Crippen molar-refractivity contribution in [3.8, 4) is 0 Å². The van der Waals surface area contributed by atoms with Crippen molar-refractivity contribution >= 4 is 27.3 Å². The van der Waals surface area contributed by atoms with Crippen LogP contribution in [0.25, 0.3) is 0 Å². The van der Waals surface area contributed by atoms with Gasteiger partial charge in [0.25, 0.3) is 5.91 Å².